The van der Waals surface area contributed by atoms with Gasteiger partial charge >= 0.3 is 5.97 Å². The minimum absolute atomic E-state index is 0.334. The monoisotopic (exact) mass is 353 g/mol. The van der Waals surface area contributed by atoms with Crippen LogP contribution in [0.3, 0.4) is 0 Å². The van der Waals surface area contributed by atoms with Crippen LogP contribution in [0.2, 0.25) is 0 Å². The van der Waals surface area contributed by atoms with Gasteiger partial charge in [0.2, 0.25) is 0 Å². The highest BCUT2D eigenvalue weighted by Gasteiger charge is 2.19. The van der Waals surface area contributed by atoms with E-state index in [1.54, 1.807) is 13.1 Å². The third kappa shape index (κ3) is 3.88. The third-order valence-electron chi connectivity index (χ3n) is 3.58. The zero-order valence-electron chi connectivity index (χ0n) is 14.2. The third-order valence-corrected chi connectivity index (χ3v) is 4.66. The fourth-order valence-electron chi connectivity index (χ4n) is 2.47. The minimum atomic E-state index is -0.334. The molecule has 0 aliphatic heterocycles. The second kappa shape index (κ2) is 7.94. The predicted molar refractivity (Wildman–Crippen MR) is 103 cm³/mol. The molecule has 1 aromatic heterocycles. The van der Waals surface area contributed by atoms with Gasteiger partial charge in [-0.1, -0.05) is 18.2 Å². The molecule has 0 aliphatic rings. The molecule has 0 saturated heterocycles. The maximum Gasteiger partial charge on any atom is 0.341 e. The molecule has 0 bridgehead atoms. The molecular formula is C20H19NO3S. The number of benzene rings is 2. The maximum absolute atomic E-state index is 12.4. The fraction of sp³-hybridized carbons (Fsp3) is 0.200. The van der Waals surface area contributed by atoms with E-state index in [9.17, 15) is 4.79 Å². The van der Waals surface area contributed by atoms with Crippen LogP contribution < -0.4 is 4.74 Å². The number of carbonyl (C=O) groups is 1. The lowest BCUT2D eigenvalue weighted by Crippen LogP contribution is -2.03. The van der Waals surface area contributed by atoms with Gasteiger partial charge in [0.05, 0.1) is 13.2 Å². The molecule has 128 valence electrons. The fourth-order valence-corrected chi connectivity index (χ4v) is 3.51. The van der Waals surface area contributed by atoms with Crippen molar-refractivity contribution in [1.82, 2.24) is 0 Å². The first kappa shape index (κ1) is 17.2. The van der Waals surface area contributed by atoms with Crippen LogP contribution in [-0.4, -0.2) is 25.4 Å². The van der Waals surface area contributed by atoms with Gasteiger partial charge in [-0.25, -0.2) is 9.79 Å². The van der Waals surface area contributed by atoms with Crippen LogP contribution in [0, 0.1) is 0 Å². The number of esters is 1. The van der Waals surface area contributed by atoms with Gasteiger partial charge in [0.1, 0.15) is 16.3 Å². The summed E-state index contributed by atoms with van der Waals surface area (Å²) in [6.07, 6.45) is 1.75. The van der Waals surface area contributed by atoms with Crippen LogP contribution in [0.15, 0.2) is 53.5 Å². The van der Waals surface area contributed by atoms with E-state index < -0.39 is 0 Å². The Morgan fingerprint density at radius 1 is 1.08 bits per heavy atom. The lowest BCUT2D eigenvalue weighted by Gasteiger charge is -2.03. The Labute approximate surface area is 150 Å². The van der Waals surface area contributed by atoms with Crippen LogP contribution in [0.25, 0.3) is 10.1 Å². The van der Waals surface area contributed by atoms with Crippen molar-refractivity contribution in [1.29, 1.82) is 0 Å². The van der Waals surface area contributed by atoms with E-state index in [-0.39, 0.29) is 5.97 Å². The van der Waals surface area contributed by atoms with E-state index in [0.717, 1.165) is 21.4 Å². The number of hydrogen-bond acceptors (Lipinski definition) is 5. The molecule has 0 aliphatic carbocycles. The van der Waals surface area contributed by atoms with Crippen molar-refractivity contribution in [2.24, 2.45) is 4.99 Å². The highest BCUT2D eigenvalue weighted by Crippen LogP contribution is 2.38. The Kier molecular flexibility index (Phi) is 5.46. The summed E-state index contributed by atoms with van der Waals surface area (Å²) in [4.78, 5) is 16.9. The van der Waals surface area contributed by atoms with Crippen LogP contribution in [0.1, 0.15) is 29.8 Å². The Hall–Kier alpha value is -2.66. The smallest absolute Gasteiger partial charge is 0.341 e. The van der Waals surface area contributed by atoms with Gasteiger partial charge in [0.15, 0.2) is 0 Å². The molecular weight excluding hydrogens is 334 g/mol. The van der Waals surface area contributed by atoms with Crippen molar-refractivity contribution >= 4 is 38.6 Å². The molecule has 1 heterocycles. The van der Waals surface area contributed by atoms with Crippen LogP contribution in [0.4, 0.5) is 5.00 Å². The van der Waals surface area contributed by atoms with Gasteiger partial charge in [-0.3, -0.25) is 0 Å². The maximum atomic E-state index is 12.4. The number of hydrogen-bond donors (Lipinski definition) is 0. The highest BCUT2D eigenvalue weighted by atomic mass is 32.1. The molecule has 2 aromatic carbocycles. The van der Waals surface area contributed by atoms with E-state index >= 15 is 0 Å². The topological polar surface area (TPSA) is 47.9 Å². The molecule has 0 atom stereocenters. The Morgan fingerprint density at radius 3 is 2.56 bits per heavy atom. The number of ether oxygens (including phenoxy) is 2. The first-order chi connectivity index (χ1) is 12.2. The van der Waals surface area contributed by atoms with E-state index in [1.165, 1.54) is 11.3 Å². The number of fused-ring (bicyclic) bond motifs is 1. The Morgan fingerprint density at radius 2 is 1.84 bits per heavy atom. The molecule has 3 rings (SSSR count). The summed E-state index contributed by atoms with van der Waals surface area (Å²) >= 11 is 1.49. The van der Waals surface area contributed by atoms with Gasteiger partial charge in [-0.15, -0.1) is 11.3 Å². The normalized spacial score (nSPS) is 11.1. The van der Waals surface area contributed by atoms with Crippen LogP contribution in [-0.2, 0) is 4.74 Å². The van der Waals surface area contributed by atoms with Crippen molar-refractivity contribution in [3.05, 3.63) is 59.7 Å². The van der Waals surface area contributed by atoms with Gasteiger partial charge in [0.25, 0.3) is 0 Å². The molecule has 0 spiro atoms. The average Bonchev–Trinajstić information content (AvgIpc) is 3.00. The van der Waals surface area contributed by atoms with Crippen molar-refractivity contribution in [3.8, 4) is 5.75 Å². The van der Waals surface area contributed by atoms with Gasteiger partial charge in [-0.05, 0) is 49.7 Å². The number of thiophene rings is 1. The second-order valence-electron chi connectivity index (χ2n) is 5.26. The van der Waals surface area contributed by atoms with E-state index in [1.807, 2.05) is 55.5 Å². The minimum Gasteiger partial charge on any atom is -0.494 e. The largest absolute Gasteiger partial charge is 0.494 e. The lowest BCUT2D eigenvalue weighted by atomic mass is 10.1. The van der Waals surface area contributed by atoms with Gasteiger partial charge in [-0.2, -0.15) is 0 Å². The summed E-state index contributed by atoms with van der Waals surface area (Å²) in [5.74, 6) is 0.493. The van der Waals surface area contributed by atoms with Crippen LogP contribution >= 0.6 is 11.3 Å². The molecule has 0 saturated carbocycles. The molecule has 0 fully saturated rings. The predicted octanol–water partition coefficient (Wildman–Crippen LogP) is 5.23. The molecule has 0 amide bonds. The van der Waals surface area contributed by atoms with Crippen LogP contribution in [0.5, 0.6) is 5.75 Å². The first-order valence-corrected chi connectivity index (χ1v) is 9.00. The standard InChI is InChI=1S/C20H19NO3S/c1-3-23-15-11-9-14(10-12-15)13-21-19-18(20(22)24-4-2)16-7-5-6-8-17(16)25-19/h5-13H,3-4H2,1-2H3. The summed E-state index contributed by atoms with van der Waals surface area (Å²) in [5.41, 5.74) is 1.47. The van der Waals surface area contributed by atoms with Gasteiger partial charge in [0, 0.05) is 16.3 Å². The van der Waals surface area contributed by atoms with Crippen molar-refractivity contribution in [3.63, 3.8) is 0 Å². The first-order valence-electron chi connectivity index (χ1n) is 8.18. The lowest BCUT2D eigenvalue weighted by molar-refractivity contribution is 0.0530. The summed E-state index contributed by atoms with van der Waals surface area (Å²) in [6, 6.07) is 15.5. The number of carbonyl (C=O) groups excluding carboxylic acids is 1. The Bertz CT molecular complexity index is 897. The number of nitrogens with zero attached hydrogens (tertiary/aromatic N) is 1. The molecule has 3 aromatic rings. The molecule has 0 unspecified atom stereocenters. The number of aliphatic imine (C=N–C) groups is 1. The summed E-state index contributed by atoms with van der Waals surface area (Å²) in [5, 5.41) is 1.54. The molecule has 25 heavy (non-hydrogen) atoms. The molecule has 0 N–H and O–H groups in total. The molecule has 4 nitrogen and oxygen atoms in total. The number of rotatable bonds is 6. The van der Waals surface area contributed by atoms with Crippen molar-refractivity contribution in [2.45, 2.75) is 13.8 Å². The molecule has 0 radical (unpaired) electrons. The van der Waals surface area contributed by atoms with Crippen molar-refractivity contribution in [2.75, 3.05) is 13.2 Å². The zero-order chi connectivity index (χ0) is 17.6. The summed E-state index contributed by atoms with van der Waals surface area (Å²) < 4.78 is 11.7. The van der Waals surface area contributed by atoms with E-state index in [0.29, 0.717) is 23.8 Å². The Balaban J connectivity index is 1.94. The quantitative estimate of drug-likeness (QED) is 0.450. The zero-order valence-corrected chi connectivity index (χ0v) is 15.0. The van der Waals surface area contributed by atoms with E-state index in [2.05, 4.69) is 4.99 Å². The highest BCUT2D eigenvalue weighted by molar-refractivity contribution is 7.23. The summed E-state index contributed by atoms with van der Waals surface area (Å²) in [6.45, 7) is 4.73. The van der Waals surface area contributed by atoms with Crippen molar-refractivity contribution < 1.29 is 14.3 Å². The van der Waals surface area contributed by atoms with Gasteiger partial charge < -0.3 is 9.47 Å². The SMILES string of the molecule is CCOC(=O)c1c(N=Cc2ccc(OCC)cc2)sc2ccccc12. The average molecular weight is 353 g/mol. The second-order valence-corrected chi connectivity index (χ2v) is 6.29. The summed E-state index contributed by atoms with van der Waals surface area (Å²) in [7, 11) is 0. The van der Waals surface area contributed by atoms with E-state index in [4.69, 9.17) is 9.47 Å². The molecule has 5 heteroatoms.